The second-order valence-corrected chi connectivity index (χ2v) is 3.57. The van der Waals surface area contributed by atoms with Crippen molar-refractivity contribution in [3.8, 4) is 0 Å². The van der Waals surface area contributed by atoms with Crippen LogP contribution in [0.15, 0.2) is 0 Å². The Morgan fingerprint density at radius 2 is 2.00 bits per heavy atom. The molecule has 0 spiro atoms. The fourth-order valence-electron chi connectivity index (χ4n) is 0.441. The van der Waals surface area contributed by atoms with Crippen LogP contribution in [-0.4, -0.2) is 24.8 Å². The molecule has 0 aliphatic rings. The van der Waals surface area contributed by atoms with E-state index in [1.165, 1.54) is 14.2 Å². The van der Waals surface area contributed by atoms with E-state index in [-0.39, 0.29) is 6.10 Å². The van der Waals surface area contributed by atoms with Crippen molar-refractivity contribution < 1.29 is 17.2 Å². The van der Waals surface area contributed by atoms with Gasteiger partial charge in [0, 0.05) is 7.05 Å². The molecule has 0 aromatic heterocycles. The van der Waals surface area contributed by atoms with E-state index in [1.54, 1.807) is 13.8 Å². The predicted octanol–water partition coefficient (Wildman–Crippen LogP) is 1.23. The topological polar surface area (TPSA) is 60.0 Å². The Hall–Kier alpha value is 0.150. The van der Waals surface area contributed by atoms with Gasteiger partial charge >= 0.3 is 0 Å². The Kier molecular flexibility index (Phi) is 4.98. The molecule has 2 N–H and O–H groups in total. The Bertz CT molecular complexity index is 113. The average molecular weight is 185 g/mol. The van der Waals surface area contributed by atoms with Gasteiger partial charge in [0.25, 0.3) is 0 Å². The summed E-state index contributed by atoms with van der Waals surface area (Å²) in [7, 11) is 2.83. The zero-order chi connectivity index (χ0) is 8.91. The largest absolute Gasteiger partial charge is 0.286 e. The molecule has 0 aliphatic heterocycles. The summed E-state index contributed by atoms with van der Waals surface area (Å²) in [6.45, 7) is 3.55. The minimum atomic E-state index is -2.84. The molecule has 0 aliphatic carbocycles. The van der Waals surface area contributed by atoms with Crippen molar-refractivity contribution in [2.75, 3.05) is 14.2 Å². The third-order valence-electron chi connectivity index (χ3n) is 0.713. The van der Waals surface area contributed by atoms with Crippen LogP contribution in [-0.2, 0) is 12.6 Å². The molecule has 0 saturated heterocycles. The normalized spacial score (nSPS) is 19.8. The van der Waals surface area contributed by atoms with Crippen LogP contribution in [0.4, 0.5) is 0 Å². The van der Waals surface area contributed by atoms with Gasteiger partial charge < -0.3 is 0 Å². The first-order chi connectivity index (χ1) is 5.04. The maximum Gasteiger partial charge on any atom is 0.238 e. The maximum absolute atomic E-state index is 9.34. The molecule has 0 radical (unpaired) electrons. The van der Waals surface area contributed by atoms with Crippen LogP contribution in [0, 0.1) is 0 Å². The molecule has 0 amide bonds. The first-order valence-corrected chi connectivity index (χ1v) is 4.55. The molecule has 0 saturated carbocycles. The molecule has 0 aromatic carbocycles. The molecule has 6 heteroatoms. The molecule has 0 fully saturated rings. The summed E-state index contributed by atoms with van der Waals surface area (Å²) in [6, 6.07) is 0. The number of hydrogen-bond acceptors (Lipinski definition) is 5. The second kappa shape index (κ2) is 4.91. The zero-order valence-electron chi connectivity index (χ0n) is 7.16. The smallest absolute Gasteiger partial charge is 0.238 e. The summed E-state index contributed by atoms with van der Waals surface area (Å²) < 4.78 is 23.6. The highest BCUT2D eigenvalue weighted by atomic mass is 32.3. The second-order valence-electron chi connectivity index (χ2n) is 2.03. The summed E-state index contributed by atoms with van der Waals surface area (Å²) >= 11 is -2.84. The summed E-state index contributed by atoms with van der Waals surface area (Å²) in [4.78, 5) is 0. The highest BCUT2D eigenvalue weighted by molar-refractivity contribution is 8.16. The Morgan fingerprint density at radius 1 is 1.45 bits per heavy atom. The van der Waals surface area contributed by atoms with Crippen LogP contribution in [0.25, 0.3) is 0 Å². The van der Waals surface area contributed by atoms with Gasteiger partial charge in [-0.3, -0.25) is 12.9 Å². The van der Waals surface area contributed by atoms with Crippen molar-refractivity contribution in [1.29, 1.82) is 0 Å². The molecule has 5 nitrogen and oxygen atoms in total. The van der Waals surface area contributed by atoms with Crippen molar-refractivity contribution >= 4 is 11.2 Å². The van der Waals surface area contributed by atoms with Gasteiger partial charge in [-0.2, -0.15) is 9.76 Å². The van der Waals surface area contributed by atoms with Gasteiger partial charge in [-0.1, -0.05) is 0 Å². The minimum Gasteiger partial charge on any atom is -0.286 e. The fraction of sp³-hybridized carbons (Fsp3) is 1.00. The molecule has 1 unspecified atom stereocenters. The Balaban J connectivity index is 3.87. The molecule has 1 atom stereocenters. The molecule has 0 heterocycles. The molecule has 0 rings (SSSR count). The molecule has 70 valence electrons. The van der Waals surface area contributed by atoms with Crippen molar-refractivity contribution in [3.63, 3.8) is 0 Å². The summed E-state index contributed by atoms with van der Waals surface area (Å²) in [5.41, 5.74) is 2.30. The van der Waals surface area contributed by atoms with Crippen LogP contribution >= 0.6 is 11.2 Å². The van der Waals surface area contributed by atoms with Gasteiger partial charge in [0.15, 0.2) is 0 Å². The van der Waals surface area contributed by atoms with Crippen molar-refractivity contribution in [2.24, 2.45) is 0 Å². The van der Waals surface area contributed by atoms with Gasteiger partial charge in [-0.05, 0) is 13.8 Å². The lowest BCUT2D eigenvalue weighted by Gasteiger charge is -2.29. The molecular formula is C5H15NO4S. The summed E-state index contributed by atoms with van der Waals surface area (Å²) in [5, 5.41) is 0. The highest BCUT2D eigenvalue weighted by Gasteiger charge is 2.24. The van der Waals surface area contributed by atoms with Crippen molar-refractivity contribution in [1.82, 2.24) is 5.48 Å². The number of rotatable bonds is 5. The van der Waals surface area contributed by atoms with Crippen molar-refractivity contribution in [3.05, 3.63) is 0 Å². The SMILES string of the molecule is CNOS(O)(OC)OC(C)C. The predicted molar refractivity (Wildman–Crippen MR) is 43.6 cm³/mol. The van der Waals surface area contributed by atoms with Crippen LogP contribution in [0.1, 0.15) is 13.8 Å². The lowest BCUT2D eigenvalue weighted by atomic mass is 10.5. The molecule has 11 heavy (non-hydrogen) atoms. The van der Waals surface area contributed by atoms with E-state index in [1.807, 2.05) is 0 Å². The fourth-order valence-corrected chi connectivity index (χ4v) is 1.32. The van der Waals surface area contributed by atoms with Gasteiger partial charge in [-0.15, -0.1) is 0 Å². The first kappa shape index (κ1) is 11.2. The van der Waals surface area contributed by atoms with E-state index in [9.17, 15) is 4.55 Å². The lowest BCUT2D eigenvalue weighted by Crippen LogP contribution is -2.19. The molecule has 0 bridgehead atoms. The van der Waals surface area contributed by atoms with E-state index in [0.717, 1.165) is 0 Å². The monoisotopic (exact) mass is 185 g/mol. The van der Waals surface area contributed by atoms with E-state index in [2.05, 4.69) is 13.9 Å². The third kappa shape index (κ3) is 4.57. The van der Waals surface area contributed by atoms with E-state index >= 15 is 0 Å². The third-order valence-corrected chi connectivity index (χ3v) is 2.14. The summed E-state index contributed by atoms with van der Waals surface area (Å²) in [5.74, 6) is 0. The van der Waals surface area contributed by atoms with Crippen LogP contribution in [0.2, 0.25) is 0 Å². The van der Waals surface area contributed by atoms with Crippen LogP contribution in [0.5, 0.6) is 0 Å². The lowest BCUT2D eigenvalue weighted by molar-refractivity contribution is 0.0833. The van der Waals surface area contributed by atoms with Gasteiger partial charge in [-0.25, -0.2) is 0 Å². The minimum absolute atomic E-state index is 0.150. The quantitative estimate of drug-likeness (QED) is 0.631. The van der Waals surface area contributed by atoms with Crippen LogP contribution < -0.4 is 5.48 Å². The van der Waals surface area contributed by atoms with E-state index in [0.29, 0.717) is 0 Å². The average Bonchev–Trinajstić information content (AvgIpc) is 1.87. The Labute approximate surface area is 68.7 Å². The van der Waals surface area contributed by atoms with Gasteiger partial charge in [0.2, 0.25) is 11.2 Å². The number of nitrogens with one attached hydrogen (secondary N) is 1. The summed E-state index contributed by atoms with van der Waals surface area (Å²) in [6.07, 6.45) is -0.150. The zero-order valence-corrected chi connectivity index (χ0v) is 7.97. The molecule has 0 aromatic rings. The highest BCUT2D eigenvalue weighted by Crippen LogP contribution is 2.46. The van der Waals surface area contributed by atoms with Gasteiger partial charge in [0.05, 0.1) is 13.2 Å². The van der Waals surface area contributed by atoms with E-state index < -0.39 is 11.2 Å². The maximum atomic E-state index is 9.34. The Morgan fingerprint density at radius 3 is 2.27 bits per heavy atom. The van der Waals surface area contributed by atoms with Crippen LogP contribution in [0.3, 0.4) is 0 Å². The number of hydrogen-bond donors (Lipinski definition) is 2. The number of hydroxylamine groups is 1. The molecular weight excluding hydrogens is 170 g/mol. The van der Waals surface area contributed by atoms with E-state index in [4.69, 9.17) is 4.18 Å². The first-order valence-electron chi connectivity index (χ1n) is 3.19. The van der Waals surface area contributed by atoms with Crippen molar-refractivity contribution in [2.45, 2.75) is 20.0 Å². The standard InChI is InChI=1S/C5H15NO4S/c1-5(2)9-11(7,8-4)10-6-3/h5-7H,1-4H3. The van der Waals surface area contributed by atoms with Gasteiger partial charge in [0.1, 0.15) is 0 Å².